The van der Waals surface area contributed by atoms with E-state index in [2.05, 4.69) is 10.9 Å². The standard InChI is InChI=1S/C44H50N2O10/c1-51-40-11-6-4-9-36(40)30-53-20-7-21-54-38-18-16-34(17-19-38)44-37(27-47)25-45(43(48)24-31-12-14-32(15-13-31)29-56-46(49)50)26-42(44)55-28-33-22-35-8-3-5-10-39(35)41(23-33)52-2/h3-6,8-19,22-23,37,42,44,47,49-50H,7,20-21,24-30H2,1-2H3. The Bertz CT molecular complexity index is 1990. The number of fused-ring (bicyclic) bond motifs is 1. The third kappa shape index (κ3) is 10.8. The first-order valence-electron chi connectivity index (χ1n) is 18.7. The topological polar surface area (TPSA) is 140 Å². The highest BCUT2D eigenvalue weighted by Crippen LogP contribution is 2.37. The van der Waals surface area contributed by atoms with Crippen LogP contribution >= 0.6 is 0 Å². The van der Waals surface area contributed by atoms with Gasteiger partial charge in [-0.05, 0) is 58.0 Å². The van der Waals surface area contributed by atoms with E-state index in [0.717, 1.165) is 56.7 Å². The highest BCUT2D eigenvalue weighted by molar-refractivity contribution is 5.89. The molecule has 6 rings (SSSR count). The molecule has 5 aromatic carbocycles. The second-order valence-corrected chi connectivity index (χ2v) is 13.8. The minimum Gasteiger partial charge on any atom is -0.496 e. The summed E-state index contributed by atoms with van der Waals surface area (Å²) < 4.78 is 29.7. The zero-order chi connectivity index (χ0) is 39.3. The van der Waals surface area contributed by atoms with Gasteiger partial charge < -0.3 is 33.7 Å². The molecule has 56 heavy (non-hydrogen) atoms. The molecule has 12 nitrogen and oxygen atoms in total. The molecule has 296 valence electrons. The van der Waals surface area contributed by atoms with E-state index in [1.54, 1.807) is 31.3 Å². The summed E-state index contributed by atoms with van der Waals surface area (Å²) in [4.78, 5) is 20.2. The van der Waals surface area contributed by atoms with Crippen LogP contribution in [-0.2, 0) is 45.3 Å². The van der Waals surface area contributed by atoms with Crippen LogP contribution in [0.1, 0.15) is 40.2 Å². The van der Waals surface area contributed by atoms with Crippen molar-refractivity contribution in [1.82, 2.24) is 10.3 Å². The van der Waals surface area contributed by atoms with E-state index in [0.29, 0.717) is 38.5 Å². The molecule has 1 fully saturated rings. The van der Waals surface area contributed by atoms with Crippen LogP contribution in [0.4, 0.5) is 0 Å². The molecule has 1 amide bonds. The Kier molecular flexibility index (Phi) is 14.7. The van der Waals surface area contributed by atoms with Gasteiger partial charge >= 0.3 is 0 Å². The van der Waals surface area contributed by atoms with Crippen LogP contribution in [0.3, 0.4) is 0 Å². The van der Waals surface area contributed by atoms with Crippen LogP contribution in [0.15, 0.2) is 109 Å². The molecule has 5 aromatic rings. The van der Waals surface area contributed by atoms with Crippen molar-refractivity contribution in [3.63, 3.8) is 0 Å². The molecule has 0 saturated carbocycles. The van der Waals surface area contributed by atoms with Crippen LogP contribution in [0.25, 0.3) is 10.8 Å². The highest BCUT2D eigenvalue weighted by Gasteiger charge is 2.40. The molecule has 3 unspecified atom stereocenters. The summed E-state index contributed by atoms with van der Waals surface area (Å²) in [5, 5.41) is 30.1. The summed E-state index contributed by atoms with van der Waals surface area (Å²) in [6.45, 7) is 2.32. The van der Waals surface area contributed by atoms with Gasteiger partial charge in [0.15, 0.2) is 0 Å². The highest BCUT2D eigenvalue weighted by atomic mass is 17.1. The van der Waals surface area contributed by atoms with Gasteiger partial charge in [0.1, 0.15) is 17.2 Å². The van der Waals surface area contributed by atoms with Gasteiger partial charge in [-0.2, -0.15) is 0 Å². The maximum absolute atomic E-state index is 13.8. The number of nitrogens with zero attached hydrogens (tertiary/aromatic N) is 2. The molecule has 1 heterocycles. The molecular weight excluding hydrogens is 716 g/mol. The normalized spacial score (nSPS) is 17.0. The van der Waals surface area contributed by atoms with Gasteiger partial charge in [-0.15, -0.1) is 0 Å². The van der Waals surface area contributed by atoms with Crippen LogP contribution in [0.5, 0.6) is 17.2 Å². The van der Waals surface area contributed by atoms with Crippen molar-refractivity contribution in [3.8, 4) is 17.2 Å². The third-order valence-electron chi connectivity index (χ3n) is 10.1. The molecule has 0 bridgehead atoms. The minimum absolute atomic E-state index is 0.0391. The maximum atomic E-state index is 13.8. The number of likely N-dealkylation sites (tertiary alicyclic amines) is 1. The molecule has 0 aliphatic carbocycles. The number of benzene rings is 5. The van der Waals surface area contributed by atoms with Gasteiger partial charge in [0.2, 0.25) is 5.91 Å². The number of hydrogen-bond acceptors (Lipinski definition) is 11. The number of ether oxygens (including phenoxy) is 5. The van der Waals surface area contributed by atoms with E-state index < -0.39 is 6.10 Å². The van der Waals surface area contributed by atoms with E-state index in [1.165, 1.54) is 0 Å². The van der Waals surface area contributed by atoms with Crippen LogP contribution in [0, 0.1) is 5.92 Å². The first kappa shape index (κ1) is 40.6. The van der Waals surface area contributed by atoms with Gasteiger partial charge in [-0.1, -0.05) is 78.9 Å². The number of para-hydroxylation sites is 1. The Labute approximate surface area is 327 Å². The molecule has 0 spiro atoms. The van der Waals surface area contributed by atoms with E-state index in [4.69, 9.17) is 34.1 Å². The monoisotopic (exact) mass is 766 g/mol. The number of piperidine rings is 1. The van der Waals surface area contributed by atoms with E-state index in [1.807, 2.05) is 91.0 Å². The van der Waals surface area contributed by atoms with Crippen molar-refractivity contribution < 1.29 is 48.8 Å². The number of methoxy groups -OCH3 is 2. The lowest BCUT2D eigenvalue weighted by Gasteiger charge is -2.43. The van der Waals surface area contributed by atoms with Crippen LogP contribution in [0.2, 0.25) is 0 Å². The molecule has 3 N–H and O–H groups in total. The van der Waals surface area contributed by atoms with Crippen molar-refractivity contribution in [2.24, 2.45) is 5.92 Å². The molecule has 12 heteroatoms. The Morgan fingerprint density at radius 3 is 2.25 bits per heavy atom. The Morgan fingerprint density at radius 2 is 1.50 bits per heavy atom. The number of hydrogen-bond donors (Lipinski definition) is 3. The summed E-state index contributed by atoms with van der Waals surface area (Å²) in [6, 6.07) is 35.0. The predicted molar refractivity (Wildman–Crippen MR) is 209 cm³/mol. The number of aliphatic hydroxyl groups excluding tert-OH is 1. The summed E-state index contributed by atoms with van der Waals surface area (Å²) >= 11 is 0. The van der Waals surface area contributed by atoms with Crippen LogP contribution in [-0.4, -0.2) is 85.0 Å². The summed E-state index contributed by atoms with van der Waals surface area (Å²) in [7, 11) is 3.31. The molecular formula is C44H50N2O10. The van der Waals surface area contributed by atoms with E-state index in [-0.39, 0.29) is 49.4 Å². The zero-order valence-electron chi connectivity index (χ0n) is 31.8. The average Bonchev–Trinajstić information content (AvgIpc) is 3.23. The molecule has 0 aromatic heterocycles. The summed E-state index contributed by atoms with van der Waals surface area (Å²) in [6.07, 6.45) is 0.451. The van der Waals surface area contributed by atoms with Gasteiger partial charge in [0.25, 0.3) is 0 Å². The lowest BCUT2D eigenvalue weighted by atomic mass is 9.78. The van der Waals surface area contributed by atoms with Crippen molar-refractivity contribution in [3.05, 3.63) is 137 Å². The van der Waals surface area contributed by atoms with E-state index >= 15 is 0 Å². The number of amides is 1. The average molecular weight is 767 g/mol. The maximum Gasteiger partial charge on any atom is 0.227 e. The minimum atomic E-state index is -0.422. The quantitative estimate of drug-likeness (QED) is 0.0610. The lowest BCUT2D eigenvalue weighted by molar-refractivity contribution is -0.497. The van der Waals surface area contributed by atoms with Crippen molar-refractivity contribution >= 4 is 16.7 Å². The Morgan fingerprint density at radius 1 is 0.768 bits per heavy atom. The fraction of sp³-hybridized carbons (Fsp3) is 0.341. The van der Waals surface area contributed by atoms with E-state index in [9.17, 15) is 9.90 Å². The Hall–Kier alpha value is -5.05. The van der Waals surface area contributed by atoms with Gasteiger partial charge in [0, 0.05) is 48.9 Å². The number of aliphatic hydroxyl groups is 1. The summed E-state index contributed by atoms with van der Waals surface area (Å²) in [5.41, 5.74) is 4.44. The molecule has 1 aliphatic heterocycles. The number of carbonyl (C=O) groups is 1. The molecule has 0 radical (unpaired) electrons. The molecule has 1 saturated heterocycles. The van der Waals surface area contributed by atoms with Gasteiger partial charge in [0.05, 0.1) is 65.2 Å². The van der Waals surface area contributed by atoms with Crippen molar-refractivity contribution in [2.75, 3.05) is 47.1 Å². The van der Waals surface area contributed by atoms with Gasteiger partial charge in [-0.25, -0.2) is 4.84 Å². The number of rotatable bonds is 19. The lowest BCUT2D eigenvalue weighted by Crippen LogP contribution is -2.52. The van der Waals surface area contributed by atoms with Gasteiger partial charge in [-0.3, -0.25) is 15.2 Å². The zero-order valence-corrected chi connectivity index (χ0v) is 31.8. The third-order valence-corrected chi connectivity index (χ3v) is 10.1. The predicted octanol–water partition coefficient (Wildman–Crippen LogP) is 6.72. The van der Waals surface area contributed by atoms with Crippen LogP contribution < -0.4 is 14.2 Å². The smallest absolute Gasteiger partial charge is 0.227 e. The second kappa shape index (κ2) is 20.2. The first-order chi connectivity index (χ1) is 27.3. The van der Waals surface area contributed by atoms with Crippen molar-refractivity contribution in [1.29, 1.82) is 0 Å². The summed E-state index contributed by atoms with van der Waals surface area (Å²) in [5.74, 6) is 1.74. The molecule has 3 atom stereocenters. The second-order valence-electron chi connectivity index (χ2n) is 13.8. The fourth-order valence-corrected chi connectivity index (χ4v) is 7.23. The Balaban J connectivity index is 1.13. The van der Waals surface area contributed by atoms with Crippen molar-refractivity contribution in [2.45, 2.75) is 44.7 Å². The fourth-order valence-electron chi connectivity index (χ4n) is 7.23. The SMILES string of the molecule is COc1ccccc1COCCCOc1ccc(C2C(CO)CN(C(=O)Cc3ccc(CON(O)O)cc3)CC2OCc2cc(OC)c3ccccc3c2)cc1. The molecule has 1 aliphatic rings. The number of carbonyl (C=O) groups excluding carboxylic acids is 1. The largest absolute Gasteiger partial charge is 0.496 e. The first-order valence-corrected chi connectivity index (χ1v) is 18.7.